The minimum absolute atomic E-state index is 0.169. The molecule has 2 nitrogen and oxygen atoms in total. The number of halogens is 10. The summed E-state index contributed by atoms with van der Waals surface area (Å²) in [7, 11) is 0. The fraction of sp³-hybridized carbons (Fsp3) is 0.200. The van der Waals surface area contributed by atoms with Gasteiger partial charge in [-0.15, -0.1) is 0 Å². The Kier molecular flexibility index (Phi) is 8.61. The zero-order valence-corrected chi connectivity index (χ0v) is 21.4. The molecule has 0 aliphatic rings. The number of rotatable bonds is 8. The first-order valence-corrected chi connectivity index (χ1v) is 12.2. The van der Waals surface area contributed by atoms with Gasteiger partial charge in [-0.2, -0.15) is 22.0 Å². The lowest BCUT2D eigenvalue weighted by atomic mass is 10.0. The van der Waals surface area contributed by atoms with Crippen LogP contribution < -0.4 is 9.47 Å². The van der Waals surface area contributed by atoms with Crippen LogP contribution in [0.2, 0.25) is 0 Å². The number of benzene rings is 4. The molecule has 0 atom stereocenters. The predicted octanol–water partition coefficient (Wildman–Crippen LogP) is 9.42. The van der Waals surface area contributed by atoms with E-state index in [0.717, 1.165) is 30.5 Å². The van der Waals surface area contributed by atoms with Gasteiger partial charge in [0.1, 0.15) is 46.1 Å². The molecule has 220 valence electrons. The summed E-state index contributed by atoms with van der Waals surface area (Å²) in [4.78, 5) is 0. The summed E-state index contributed by atoms with van der Waals surface area (Å²) in [6.45, 7) is 2.25. The lowest BCUT2D eigenvalue weighted by molar-refractivity contribution is -0.189. The van der Waals surface area contributed by atoms with Crippen LogP contribution in [0.4, 0.5) is 43.9 Å². The highest BCUT2D eigenvalue weighted by Gasteiger charge is 2.41. The van der Waals surface area contributed by atoms with Crippen molar-refractivity contribution < 1.29 is 53.4 Å². The Morgan fingerprint density at radius 3 is 2.02 bits per heavy atom. The summed E-state index contributed by atoms with van der Waals surface area (Å²) in [5.41, 5.74) is -3.69. The van der Waals surface area contributed by atoms with E-state index in [0.29, 0.717) is 37.3 Å². The van der Waals surface area contributed by atoms with E-state index in [4.69, 9.17) is 4.74 Å². The highest BCUT2D eigenvalue weighted by Crippen LogP contribution is 2.39. The monoisotopic (exact) mass is 600 g/mol. The van der Waals surface area contributed by atoms with Crippen LogP contribution in [0.25, 0.3) is 21.9 Å². The van der Waals surface area contributed by atoms with E-state index in [1.54, 1.807) is 0 Å². The third-order valence-corrected chi connectivity index (χ3v) is 5.93. The largest absolute Gasteiger partial charge is 0.493 e. The highest BCUT2D eigenvalue weighted by molar-refractivity contribution is 5.86. The molecule has 0 bridgehead atoms. The fourth-order valence-corrected chi connectivity index (χ4v) is 3.98. The molecule has 0 spiro atoms. The topological polar surface area (TPSA) is 18.5 Å². The molecule has 0 aliphatic carbocycles. The Morgan fingerprint density at radius 1 is 0.738 bits per heavy atom. The van der Waals surface area contributed by atoms with Crippen molar-refractivity contribution in [2.24, 2.45) is 0 Å². The molecule has 0 saturated carbocycles. The Hall–Kier alpha value is -4.40. The van der Waals surface area contributed by atoms with Crippen LogP contribution in [0.1, 0.15) is 30.9 Å². The van der Waals surface area contributed by atoms with Crippen LogP contribution in [0.15, 0.2) is 54.6 Å². The number of hydrogen-bond acceptors (Lipinski definition) is 2. The number of alkyl halides is 5. The van der Waals surface area contributed by atoms with Crippen LogP contribution >= 0.6 is 0 Å². The van der Waals surface area contributed by atoms with Gasteiger partial charge in [-0.3, -0.25) is 0 Å². The van der Waals surface area contributed by atoms with Crippen molar-refractivity contribution in [2.45, 2.75) is 32.1 Å². The van der Waals surface area contributed by atoms with E-state index in [1.165, 1.54) is 18.1 Å². The minimum Gasteiger partial charge on any atom is -0.493 e. The second kappa shape index (κ2) is 11.8. The molecule has 4 aromatic carbocycles. The Labute approximate surface area is 232 Å². The smallest absolute Gasteiger partial charge is 0.458 e. The molecule has 0 unspecified atom stereocenters. The predicted molar refractivity (Wildman–Crippen MR) is 133 cm³/mol. The first kappa shape index (κ1) is 30.6. The van der Waals surface area contributed by atoms with E-state index in [1.807, 2.05) is 6.92 Å². The number of fused-ring (bicyclic) bond motifs is 1. The minimum atomic E-state index is -5.03. The summed E-state index contributed by atoms with van der Waals surface area (Å²) in [5, 5.41) is -0.895. The molecule has 0 fully saturated rings. The first-order valence-electron chi connectivity index (χ1n) is 12.2. The Bertz CT molecular complexity index is 1680. The maximum Gasteiger partial charge on any atom is 0.458 e. The van der Waals surface area contributed by atoms with Crippen molar-refractivity contribution in [3.63, 3.8) is 0 Å². The average Bonchev–Trinajstić information content (AvgIpc) is 2.87. The van der Waals surface area contributed by atoms with E-state index in [9.17, 15) is 43.9 Å². The first-order chi connectivity index (χ1) is 19.7. The van der Waals surface area contributed by atoms with Gasteiger partial charge in [-0.1, -0.05) is 19.3 Å². The molecular weight excluding hydrogens is 582 g/mol. The van der Waals surface area contributed by atoms with E-state index in [-0.39, 0.29) is 16.9 Å². The molecule has 0 amide bonds. The zero-order chi connectivity index (χ0) is 30.8. The molecule has 4 rings (SSSR count). The molecule has 0 radical (unpaired) electrons. The normalized spacial score (nSPS) is 11.8. The lowest BCUT2D eigenvalue weighted by Crippen LogP contribution is -2.25. The summed E-state index contributed by atoms with van der Waals surface area (Å²) in [6.07, 6.45) is -8.14. The van der Waals surface area contributed by atoms with Crippen LogP contribution in [-0.2, 0) is 6.11 Å². The fourth-order valence-electron chi connectivity index (χ4n) is 3.98. The number of ether oxygens (including phenoxy) is 2. The van der Waals surface area contributed by atoms with Crippen LogP contribution in [-0.4, -0.2) is 12.8 Å². The van der Waals surface area contributed by atoms with Crippen molar-refractivity contribution in [1.82, 2.24) is 0 Å². The third-order valence-electron chi connectivity index (χ3n) is 5.93. The second-order valence-electron chi connectivity index (χ2n) is 8.96. The molecule has 0 aliphatic heterocycles. The van der Waals surface area contributed by atoms with Crippen LogP contribution in [0.5, 0.6) is 11.5 Å². The molecule has 12 heteroatoms. The quantitative estimate of drug-likeness (QED) is 0.114. The highest BCUT2D eigenvalue weighted by atomic mass is 19.4. The summed E-state index contributed by atoms with van der Waals surface area (Å²) >= 11 is 0. The van der Waals surface area contributed by atoms with Gasteiger partial charge in [0.2, 0.25) is 0 Å². The lowest BCUT2D eigenvalue weighted by Gasteiger charge is -2.20. The Morgan fingerprint density at radius 2 is 1.40 bits per heavy atom. The van der Waals surface area contributed by atoms with Crippen molar-refractivity contribution in [2.75, 3.05) is 6.61 Å². The van der Waals surface area contributed by atoms with E-state index in [2.05, 4.69) is 4.74 Å². The molecule has 42 heavy (non-hydrogen) atoms. The molecule has 0 saturated heterocycles. The number of hydrogen-bond donors (Lipinski definition) is 0. The van der Waals surface area contributed by atoms with Gasteiger partial charge in [0.25, 0.3) is 0 Å². The molecule has 4 aromatic rings. The Balaban J connectivity index is 1.63. The van der Waals surface area contributed by atoms with Crippen LogP contribution in [0.3, 0.4) is 0 Å². The summed E-state index contributed by atoms with van der Waals surface area (Å²) in [5.74, 6) is -6.00. The zero-order valence-electron chi connectivity index (χ0n) is 21.4. The SMILES string of the molecule is CCCCOc1ccc(-c2cc(F)c(C(F)(F)Oc3ccc4c(F)c(C#CC(F)(F)F)c(F)cc4c3)c(F)c2)c(F)c1. The van der Waals surface area contributed by atoms with Crippen molar-refractivity contribution in [3.8, 4) is 34.5 Å². The van der Waals surface area contributed by atoms with Crippen LogP contribution in [0, 0.1) is 40.9 Å². The van der Waals surface area contributed by atoms with Gasteiger partial charge < -0.3 is 9.47 Å². The third kappa shape index (κ3) is 6.73. The van der Waals surface area contributed by atoms with Gasteiger partial charge >= 0.3 is 12.3 Å². The number of unbranched alkanes of at least 4 members (excludes halogenated alkanes) is 1. The van der Waals surface area contributed by atoms with Gasteiger partial charge in [0.15, 0.2) is 0 Å². The van der Waals surface area contributed by atoms with Gasteiger partial charge in [-0.25, -0.2) is 22.0 Å². The van der Waals surface area contributed by atoms with Crippen molar-refractivity contribution >= 4 is 10.8 Å². The maximum absolute atomic E-state index is 14.9. The average molecular weight is 600 g/mol. The second-order valence-corrected chi connectivity index (χ2v) is 8.96. The molecule has 0 N–H and O–H groups in total. The van der Waals surface area contributed by atoms with Crippen molar-refractivity contribution in [1.29, 1.82) is 0 Å². The van der Waals surface area contributed by atoms with Crippen molar-refractivity contribution in [3.05, 3.63) is 94.8 Å². The van der Waals surface area contributed by atoms with Gasteiger partial charge in [0.05, 0.1) is 12.2 Å². The van der Waals surface area contributed by atoms with Gasteiger partial charge in [0, 0.05) is 22.9 Å². The van der Waals surface area contributed by atoms with E-state index < -0.39 is 69.0 Å². The summed E-state index contributed by atoms with van der Waals surface area (Å²) in [6, 6.07) is 7.25. The maximum atomic E-state index is 14.9. The summed E-state index contributed by atoms with van der Waals surface area (Å²) < 4.78 is 150. The van der Waals surface area contributed by atoms with Gasteiger partial charge in [-0.05, 0) is 65.9 Å². The van der Waals surface area contributed by atoms with E-state index >= 15 is 0 Å². The standard InChI is InChI=1S/C30H18F10O2/c1-2-3-10-41-18-4-6-20(24(32)15-18)17-13-25(33)27(26(34)14-17)30(39,40)42-19-5-7-21-16(11-19)12-23(31)22(28(21)35)8-9-29(36,37)38/h4-7,11-15H,2-3,10H2,1H3. The molecular formula is C30H18F10O2. The molecule has 0 heterocycles. The molecule has 0 aromatic heterocycles.